The summed E-state index contributed by atoms with van der Waals surface area (Å²) in [4.78, 5) is 0.354. The summed E-state index contributed by atoms with van der Waals surface area (Å²) in [5.41, 5.74) is 2.13. The predicted octanol–water partition coefficient (Wildman–Crippen LogP) is 2.40. The van der Waals surface area contributed by atoms with Crippen LogP contribution >= 0.6 is 0 Å². The first kappa shape index (κ1) is 12.8. The molecular formula is C12H16N3O2S+. The van der Waals surface area contributed by atoms with E-state index >= 15 is 0 Å². The van der Waals surface area contributed by atoms with Gasteiger partial charge in [0.15, 0.2) is 0 Å². The second-order valence-corrected chi connectivity index (χ2v) is 5.84. The minimum atomic E-state index is -3.30. The zero-order valence-corrected chi connectivity index (χ0v) is 11.4. The number of hydrogen-bond acceptors (Lipinski definition) is 2. The average molecular weight is 266 g/mol. The number of aromatic nitrogens is 2. The van der Waals surface area contributed by atoms with Crippen LogP contribution in [0.1, 0.15) is 11.4 Å². The zero-order valence-electron chi connectivity index (χ0n) is 10.5. The monoisotopic (exact) mass is 266 g/mol. The first-order valence-corrected chi connectivity index (χ1v) is 7.03. The van der Waals surface area contributed by atoms with Crippen LogP contribution in [-0.2, 0) is 21.7 Å². The molecule has 1 heterocycles. The van der Waals surface area contributed by atoms with Gasteiger partial charge in [0.1, 0.15) is 5.69 Å². The van der Waals surface area contributed by atoms with Crippen LogP contribution in [0.15, 0.2) is 35.2 Å². The fourth-order valence-electron chi connectivity index (χ4n) is 1.72. The molecule has 0 fully saturated rings. The molecule has 96 valence electrons. The Labute approximate surface area is 107 Å². The van der Waals surface area contributed by atoms with E-state index in [2.05, 4.69) is 9.82 Å². The molecule has 0 amide bonds. The van der Waals surface area contributed by atoms with E-state index in [0.29, 0.717) is 16.3 Å². The summed E-state index contributed by atoms with van der Waals surface area (Å²) >= 11 is 0. The van der Waals surface area contributed by atoms with Crippen LogP contribution in [-0.4, -0.2) is 14.3 Å². The molecule has 0 aliphatic heterocycles. The second-order valence-electron chi connectivity index (χ2n) is 4.11. The number of rotatable bonds is 3. The summed E-state index contributed by atoms with van der Waals surface area (Å²) < 4.78 is 26.7. The lowest BCUT2D eigenvalue weighted by atomic mass is 10.3. The number of benzene rings is 1. The Morgan fingerprint density at radius 2 is 1.89 bits per heavy atom. The molecule has 2 N–H and O–H groups in total. The number of hydrogen-bond donors (Lipinski definition) is 2. The molecule has 1 unspecified atom stereocenters. The smallest absolute Gasteiger partial charge is 0.270 e. The molecule has 1 aromatic carbocycles. The van der Waals surface area contributed by atoms with Crippen LogP contribution in [0.2, 0.25) is 0 Å². The van der Waals surface area contributed by atoms with Gasteiger partial charge in [-0.05, 0) is 30.2 Å². The van der Waals surface area contributed by atoms with E-state index < -0.39 is 10.4 Å². The van der Waals surface area contributed by atoms with Crippen molar-refractivity contribution in [1.82, 2.24) is 9.78 Å². The van der Waals surface area contributed by atoms with E-state index in [1.165, 1.54) is 0 Å². The zero-order chi connectivity index (χ0) is 13.3. The van der Waals surface area contributed by atoms with Crippen LogP contribution in [0.4, 0.5) is 5.69 Å². The van der Waals surface area contributed by atoms with Crippen LogP contribution in [0.25, 0.3) is 0 Å². The number of nitrogens with zero attached hydrogens (tertiary/aromatic N) is 2. The first-order chi connectivity index (χ1) is 8.42. The molecule has 5 nitrogen and oxygen atoms in total. The highest BCUT2D eigenvalue weighted by Crippen LogP contribution is 2.25. The van der Waals surface area contributed by atoms with E-state index in [0.717, 1.165) is 5.69 Å². The Morgan fingerprint density at radius 1 is 1.28 bits per heavy atom. The van der Waals surface area contributed by atoms with Gasteiger partial charge in [0, 0.05) is 7.05 Å². The van der Waals surface area contributed by atoms with Gasteiger partial charge in [0.2, 0.25) is 4.90 Å². The Morgan fingerprint density at radius 3 is 2.39 bits per heavy atom. The third kappa shape index (κ3) is 2.30. The molecule has 0 bridgehead atoms. The Kier molecular flexibility index (Phi) is 3.23. The molecule has 0 saturated carbocycles. The molecule has 0 radical (unpaired) electrons. The molecular weight excluding hydrogens is 250 g/mol. The van der Waals surface area contributed by atoms with Crippen molar-refractivity contribution in [3.63, 3.8) is 0 Å². The summed E-state index contributed by atoms with van der Waals surface area (Å²) in [7, 11) is -1.50. The topological polar surface area (TPSA) is 67.2 Å². The molecule has 0 saturated heterocycles. The highest BCUT2D eigenvalue weighted by atomic mass is 32.3. The minimum Gasteiger partial charge on any atom is -0.270 e. The first-order valence-electron chi connectivity index (χ1n) is 5.51. The summed E-state index contributed by atoms with van der Waals surface area (Å²) in [6.07, 6.45) is 0. The lowest BCUT2D eigenvalue weighted by Crippen LogP contribution is -2.21. The van der Waals surface area contributed by atoms with Crippen molar-refractivity contribution < 1.29 is 8.76 Å². The van der Waals surface area contributed by atoms with Gasteiger partial charge >= 0.3 is 10.4 Å². The molecule has 0 spiro atoms. The minimum absolute atomic E-state index is 0.354. The Hall–Kier alpha value is -1.66. The van der Waals surface area contributed by atoms with Gasteiger partial charge in [-0.2, -0.15) is 14.4 Å². The third-order valence-electron chi connectivity index (χ3n) is 2.81. The highest BCUT2D eigenvalue weighted by Gasteiger charge is 2.31. The third-order valence-corrected chi connectivity index (χ3v) is 4.20. The molecule has 1 atom stereocenters. The van der Waals surface area contributed by atoms with E-state index in [1.54, 1.807) is 49.0 Å². The van der Waals surface area contributed by atoms with Crippen molar-refractivity contribution in [3.8, 4) is 0 Å². The molecule has 1 aromatic heterocycles. The van der Waals surface area contributed by atoms with Gasteiger partial charge < -0.3 is 0 Å². The fourth-order valence-corrected chi connectivity index (χ4v) is 2.94. The van der Waals surface area contributed by atoms with E-state index in [9.17, 15) is 8.76 Å². The van der Waals surface area contributed by atoms with Gasteiger partial charge in [0.25, 0.3) is 0 Å². The maximum absolute atomic E-state index is 12.3. The standard InChI is InChI=1S/C12H15N3O2S/c1-9-12(10(2)15(3)13-9)14-18(16,17)11-7-5-4-6-8-11/h4-8H,1-3H3,(H-,14,16,17)/p+1. The second kappa shape index (κ2) is 4.55. The van der Waals surface area contributed by atoms with Gasteiger partial charge in [0.05, 0.1) is 11.4 Å². The summed E-state index contributed by atoms with van der Waals surface area (Å²) in [5.74, 6) is 0. The maximum atomic E-state index is 12.3. The summed E-state index contributed by atoms with van der Waals surface area (Å²) in [6, 6.07) is 8.51. The van der Waals surface area contributed by atoms with Crippen LogP contribution < -0.4 is 4.72 Å². The van der Waals surface area contributed by atoms with Crippen molar-refractivity contribution in [2.24, 2.45) is 7.05 Å². The molecule has 0 aliphatic carbocycles. The van der Waals surface area contributed by atoms with Gasteiger partial charge in [-0.3, -0.25) is 4.68 Å². The van der Waals surface area contributed by atoms with Crippen LogP contribution in [0.5, 0.6) is 0 Å². The Balaban J connectivity index is 2.37. The van der Waals surface area contributed by atoms with Crippen molar-refractivity contribution in [3.05, 3.63) is 41.7 Å². The van der Waals surface area contributed by atoms with Gasteiger partial charge in [-0.1, -0.05) is 18.2 Å². The Bertz CT molecular complexity index is 607. The van der Waals surface area contributed by atoms with Crippen LogP contribution in [0, 0.1) is 13.8 Å². The SMILES string of the molecule is Cc1nn(C)c(C)c1N[S+](=O)(O)c1ccccc1. The van der Waals surface area contributed by atoms with Crippen molar-refractivity contribution in [2.75, 3.05) is 4.72 Å². The molecule has 2 rings (SSSR count). The normalized spacial score (nSPS) is 14.2. The van der Waals surface area contributed by atoms with E-state index in [1.807, 2.05) is 6.92 Å². The lowest BCUT2D eigenvalue weighted by Gasteiger charge is -2.06. The number of anilines is 1. The maximum Gasteiger partial charge on any atom is 0.346 e. The van der Waals surface area contributed by atoms with Crippen molar-refractivity contribution in [2.45, 2.75) is 18.7 Å². The summed E-state index contributed by atoms with van der Waals surface area (Å²) in [5, 5.41) is 4.21. The lowest BCUT2D eigenvalue weighted by molar-refractivity contribution is 0.502. The average Bonchev–Trinajstić information content (AvgIpc) is 2.57. The largest absolute Gasteiger partial charge is 0.346 e. The predicted molar refractivity (Wildman–Crippen MR) is 71.7 cm³/mol. The molecule has 2 aromatic rings. The van der Waals surface area contributed by atoms with Crippen LogP contribution in [0.3, 0.4) is 0 Å². The number of nitrogens with one attached hydrogen (secondary N) is 1. The molecule has 18 heavy (non-hydrogen) atoms. The number of aryl methyl sites for hydroxylation is 2. The van der Waals surface area contributed by atoms with E-state index in [4.69, 9.17) is 0 Å². The highest BCUT2D eigenvalue weighted by molar-refractivity contribution is 7.99. The van der Waals surface area contributed by atoms with Gasteiger partial charge in [-0.15, -0.1) is 0 Å². The quantitative estimate of drug-likeness (QED) is 0.838. The molecule has 6 heteroatoms. The molecule has 0 aliphatic rings. The summed E-state index contributed by atoms with van der Waals surface area (Å²) in [6.45, 7) is 3.65. The fraction of sp³-hybridized carbons (Fsp3) is 0.250. The van der Waals surface area contributed by atoms with Crippen molar-refractivity contribution >= 4 is 16.1 Å². The van der Waals surface area contributed by atoms with Gasteiger partial charge in [-0.25, -0.2) is 0 Å². The van der Waals surface area contributed by atoms with E-state index in [-0.39, 0.29) is 0 Å². The van der Waals surface area contributed by atoms with Crippen molar-refractivity contribution in [1.29, 1.82) is 0 Å².